The van der Waals surface area contributed by atoms with E-state index in [0.717, 1.165) is 0 Å². The van der Waals surface area contributed by atoms with Crippen molar-refractivity contribution in [1.29, 1.82) is 5.26 Å². The summed E-state index contributed by atoms with van der Waals surface area (Å²) in [5.41, 5.74) is 0.0955. The second-order valence-electron chi connectivity index (χ2n) is 3.16. The molecule has 1 rings (SSSR count). The van der Waals surface area contributed by atoms with E-state index in [1.54, 1.807) is 6.07 Å². The highest BCUT2D eigenvalue weighted by molar-refractivity contribution is 5.67. The lowest BCUT2D eigenvalue weighted by atomic mass is 10.0. The van der Waals surface area contributed by atoms with E-state index >= 15 is 0 Å². The van der Waals surface area contributed by atoms with Gasteiger partial charge in [-0.05, 0) is 12.1 Å². The van der Waals surface area contributed by atoms with Crippen molar-refractivity contribution in [2.24, 2.45) is 0 Å². The fourth-order valence-corrected chi connectivity index (χ4v) is 1.22. The quantitative estimate of drug-likeness (QED) is 0.651. The van der Waals surface area contributed by atoms with Crippen LogP contribution in [0.3, 0.4) is 0 Å². The predicted molar refractivity (Wildman–Crippen MR) is 52.2 cm³/mol. The number of aromatic nitrogens is 1. The number of carbonyl (C=O) groups is 1. The van der Waals surface area contributed by atoms with Crippen LogP contribution in [0.2, 0.25) is 0 Å². The first-order chi connectivity index (χ1) is 7.56. The fraction of sp³-hybridized carbons (Fsp3) is 0.300. The van der Waals surface area contributed by atoms with Gasteiger partial charge < -0.3 is 15.3 Å². The number of carboxylic acids is 1. The molecule has 1 heterocycles. The number of pyridine rings is 1. The third-order valence-electron chi connectivity index (χ3n) is 1.99. The van der Waals surface area contributed by atoms with Gasteiger partial charge in [-0.25, -0.2) is 0 Å². The van der Waals surface area contributed by atoms with E-state index in [1.165, 1.54) is 18.3 Å². The molecule has 1 aromatic rings. The molecule has 16 heavy (non-hydrogen) atoms. The Morgan fingerprint density at radius 1 is 1.56 bits per heavy atom. The minimum absolute atomic E-state index is 0.0150. The second-order valence-corrected chi connectivity index (χ2v) is 3.16. The van der Waals surface area contributed by atoms with Crippen molar-refractivity contribution in [3.63, 3.8) is 0 Å². The number of aliphatic hydroxyl groups is 2. The Balaban J connectivity index is 2.92. The Bertz CT molecular complexity index is 427. The first-order valence-electron chi connectivity index (χ1n) is 4.49. The van der Waals surface area contributed by atoms with Crippen LogP contribution in [0.25, 0.3) is 0 Å². The molecule has 0 spiro atoms. The third-order valence-corrected chi connectivity index (χ3v) is 1.99. The molecular formula is C10H10N2O4. The first-order valence-corrected chi connectivity index (χ1v) is 4.49. The maximum absolute atomic E-state index is 10.3. The number of hydrogen-bond donors (Lipinski definition) is 3. The van der Waals surface area contributed by atoms with Crippen molar-refractivity contribution >= 4 is 5.97 Å². The number of aliphatic carboxylic acids is 1. The van der Waals surface area contributed by atoms with Gasteiger partial charge in [0.15, 0.2) is 0 Å². The average Bonchev–Trinajstić information content (AvgIpc) is 2.27. The largest absolute Gasteiger partial charge is 0.481 e. The Morgan fingerprint density at radius 2 is 2.25 bits per heavy atom. The van der Waals surface area contributed by atoms with Crippen LogP contribution < -0.4 is 0 Å². The summed E-state index contributed by atoms with van der Waals surface area (Å²) >= 11 is 0. The van der Waals surface area contributed by atoms with E-state index in [-0.39, 0.29) is 11.3 Å². The van der Waals surface area contributed by atoms with Crippen LogP contribution in [0, 0.1) is 11.3 Å². The van der Waals surface area contributed by atoms with Gasteiger partial charge in [0.25, 0.3) is 0 Å². The molecular weight excluding hydrogens is 212 g/mol. The van der Waals surface area contributed by atoms with Gasteiger partial charge in [-0.3, -0.25) is 9.78 Å². The standard InChI is InChI=1S/C10H10N2O4/c11-5-6-2-1-3-12-9(6)10(16)7(13)4-8(14)15/h1-3,7,10,13,16H,4H2,(H,14,15). The maximum Gasteiger partial charge on any atom is 0.306 e. The zero-order valence-corrected chi connectivity index (χ0v) is 8.24. The van der Waals surface area contributed by atoms with Crippen molar-refractivity contribution in [1.82, 2.24) is 4.98 Å². The van der Waals surface area contributed by atoms with E-state index in [9.17, 15) is 15.0 Å². The summed E-state index contributed by atoms with van der Waals surface area (Å²) in [6.07, 6.45) is -2.22. The Kier molecular flexibility index (Phi) is 3.94. The molecule has 2 unspecified atom stereocenters. The van der Waals surface area contributed by atoms with E-state index in [1.807, 2.05) is 0 Å². The molecule has 6 nitrogen and oxygen atoms in total. The molecule has 2 atom stereocenters. The van der Waals surface area contributed by atoms with Gasteiger partial charge in [0.05, 0.1) is 23.8 Å². The normalized spacial score (nSPS) is 13.8. The molecule has 0 bridgehead atoms. The highest BCUT2D eigenvalue weighted by atomic mass is 16.4. The van der Waals surface area contributed by atoms with Crippen LogP contribution in [0.15, 0.2) is 18.3 Å². The summed E-state index contributed by atoms with van der Waals surface area (Å²) in [6.45, 7) is 0. The fourth-order valence-electron chi connectivity index (χ4n) is 1.22. The zero-order chi connectivity index (χ0) is 12.1. The molecule has 1 aromatic heterocycles. The van der Waals surface area contributed by atoms with Crippen molar-refractivity contribution in [3.8, 4) is 6.07 Å². The topological polar surface area (TPSA) is 114 Å². The second kappa shape index (κ2) is 5.21. The lowest BCUT2D eigenvalue weighted by molar-refractivity contribution is -0.141. The van der Waals surface area contributed by atoms with Crippen LogP contribution >= 0.6 is 0 Å². The summed E-state index contributed by atoms with van der Waals surface area (Å²) in [5.74, 6) is -1.24. The summed E-state index contributed by atoms with van der Waals surface area (Å²) in [6, 6.07) is 4.75. The van der Waals surface area contributed by atoms with Gasteiger partial charge in [0.2, 0.25) is 0 Å². The van der Waals surface area contributed by atoms with Crippen molar-refractivity contribution in [3.05, 3.63) is 29.6 Å². The minimum atomic E-state index is -1.49. The number of nitrogens with zero attached hydrogens (tertiary/aromatic N) is 2. The van der Waals surface area contributed by atoms with Crippen LogP contribution in [-0.2, 0) is 4.79 Å². The Morgan fingerprint density at radius 3 is 2.81 bits per heavy atom. The molecule has 0 aliphatic carbocycles. The lowest BCUT2D eigenvalue weighted by Crippen LogP contribution is -2.23. The van der Waals surface area contributed by atoms with Crippen molar-refractivity contribution in [2.45, 2.75) is 18.6 Å². The lowest BCUT2D eigenvalue weighted by Gasteiger charge is -2.16. The molecule has 0 aromatic carbocycles. The maximum atomic E-state index is 10.3. The van der Waals surface area contributed by atoms with Crippen molar-refractivity contribution < 1.29 is 20.1 Å². The van der Waals surface area contributed by atoms with E-state index < -0.39 is 24.6 Å². The SMILES string of the molecule is N#Cc1cccnc1C(O)C(O)CC(=O)O. The van der Waals surface area contributed by atoms with Crippen LogP contribution in [0.1, 0.15) is 23.8 Å². The number of aliphatic hydroxyl groups excluding tert-OH is 2. The first kappa shape index (κ1) is 12.1. The van der Waals surface area contributed by atoms with Crippen LogP contribution in [0.5, 0.6) is 0 Å². The molecule has 6 heteroatoms. The van der Waals surface area contributed by atoms with Crippen LogP contribution in [0.4, 0.5) is 0 Å². The summed E-state index contributed by atoms with van der Waals surface area (Å²) in [4.78, 5) is 14.1. The highest BCUT2D eigenvalue weighted by Crippen LogP contribution is 2.19. The minimum Gasteiger partial charge on any atom is -0.481 e. The zero-order valence-electron chi connectivity index (χ0n) is 8.24. The molecule has 3 N–H and O–H groups in total. The van der Waals surface area contributed by atoms with Gasteiger partial charge in [-0.2, -0.15) is 5.26 Å². The molecule has 0 amide bonds. The van der Waals surface area contributed by atoms with Gasteiger partial charge in [-0.1, -0.05) is 0 Å². The van der Waals surface area contributed by atoms with Gasteiger partial charge in [-0.15, -0.1) is 0 Å². The number of rotatable bonds is 4. The third kappa shape index (κ3) is 2.76. The Hall–Kier alpha value is -1.97. The molecule has 84 valence electrons. The van der Waals surface area contributed by atoms with E-state index in [4.69, 9.17) is 10.4 Å². The van der Waals surface area contributed by atoms with E-state index in [0.29, 0.717) is 0 Å². The summed E-state index contributed by atoms with van der Waals surface area (Å²) in [5, 5.41) is 36.2. The summed E-state index contributed by atoms with van der Waals surface area (Å²) in [7, 11) is 0. The van der Waals surface area contributed by atoms with Gasteiger partial charge >= 0.3 is 5.97 Å². The molecule has 0 radical (unpaired) electrons. The molecule has 0 aliphatic rings. The van der Waals surface area contributed by atoms with Gasteiger partial charge in [0.1, 0.15) is 12.2 Å². The number of nitriles is 1. The molecule has 0 fully saturated rings. The van der Waals surface area contributed by atoms with E-state index in [2.05, 4.69) is 4.98 Å². The average molecular weight is 222 g/mol. The molecule has 0 saturated heterocycles. The number of hydrogen-bond acceptors (Lipinski definition) is 5. The summed E-state index contributed by atoms with van der Waals surface area (Å²) < 4.78 is 0. The molecule has 0 saturated carbocycles. The van der Waals surface area contributed by atoms with Crippen LogP contribution in [-0.4, -0.2) is 32.4 Å². The smallest absolute Gasteiger partial charge is 0.306 e. The van der Waals surface area contributed by atoms with Gasteiger partial charge in [0, 0.05) is 6.20 Å². The Labute approximate surface area is 91.4 Å². The monoisotopic (exact) mass is 222 g/mol. The predicted octanol–water partition coefficient (Wildman–Crippen LogP) is -0.178. The highest BCUT2D eigenvalue weighted by Gasteiger charge is 2.24. The number of carboxylic acid groups (broad SMARTS) is 1. The van der Waals surface area contributed by atoms with Crippen molar-refractivity contribution in [2.75, 3.05) is 0 Å². The molecule has 0 aliphatic heterocycles.